The van der Waals surface area contributed by atoms with E-state index in [2.05, 4.69) is 22.8 Å². The number of hydrogen-bond acceptors (Lipinski definition) is 5. The molecule has 0 saturated carbocycles. The molecule has 0 unspecified atom stereocenters. The Bertz CT molecular complexity index is 938. The largest absolute Gasteiger partial charge is 0.481 e. The number of hydrogen-bond donors (Lipinski definition) is 2. The zero-order valence-corrected chi connectivity index (χ0v) is 14.5. The van der Waals surface area contributed by atoms with E-state index in [4.69, 9.17) is 17.3 Å². The molecule has 0 spiro atoms. The molecule has 2 aromatic carbocycles. The number of rotatable bonds is 5. The van der Waals surface area contributed by atoms with Crippen molar-refractivity contribution in [3.05, 3.63) is 60.2 Å². The molecule has 0 aliphatic carbocycles. The summed E-state index contributed by atoms with van der Waals surface area (Å²) in [6.45, 7) is 0. The van der Waals surface area contributed by atoms with Gasteiger partial charge in [-0.3, -0.25) is 9.36 Å². The van der Waals surface area contributed by atoms with Crippen LogP contribution in [0.15, 0.2) is 53.4 Å². The molecule has 5 nitrogen and oxygen atoms in total. The highest BCUT2D eigenvalue weighted by Crippen LogP contribution is 2.25. The quantitative estimate of drug-likeness (QED) is 0.407. The van der Waals surface area contributed by atoms with E-state index in [1.807, 2.05) is 12.1 Å². The average Bonchev–Trinajstić information content (AvgIpc) is 3.00. The highest BCUT2D eigenvalue weighted by molar-refractivity contribution is 7.81. The molecule has 0 atom stereocenters. The SMILES string of the molecule is O=C(O)CC(=S)c1nnc(-c2ccc(S)cc2)n1-c1ccc(F)cc1. The van der Waals surface area contributed by atoms with Crippen molar-refractivity contribution in [2.75, 3.05) is 0 Å². The lowest BCUT2D eigenvalue weighted by molar-refractivity contribution is -0.135. The third-order valence-electron chi connectivity index (χ3n) is 3.43. The van der Waals surface area contributed by atoms with E-state index in [-0.39, 0.29) is 22.9 Å². The minimum absolute atomic E-state index is 0.140. The van der Waals surface area contributed by atoms with Crippen LogP contribution in [-0.4, -0.2) is 30.7 Å². The fourth-order valence-electron chi connectivity index (χ4n) is 2.31. The van der Waals surface area contributed by atoms with Crippen molar-refractivity contribution >= 4 is 35.7 Å². The van der Waals surface area contributed by atoms with Gasteiger partial charge in [0.05, 0.1) is 11.3 Å². The molecule has 0 bridgehead atoms. The third-order valence-corrected chi connectivity index (χ3v) is 4.06. The van der Waals surface area contributed by atoms with Gasteiger partial charge >= 0.3 is 5.97 Å². The molecule has 3 aromatic rings. The number of thiol groups is 1. The summed E-state index contributed by atoms with van der Waals surface area (Å²) in [4.78, 5) is 11.9. The number of aliphatic carboxylic acids is 1. The first-order chi connectivity index (χ1) is 12.0. The number of thiocarbonyl (C=S) groups is 1. The van der Waals surface area contributed by atoms with Gasteiger partial charge in [0.2, 0.25) is 0 Å². The van der Waals surface area contributed by atoms with E-state index in [9.17, 15) is 9.18 Å². The minimum Gasteiger partial charge on any atom is -0.481 e. The molecular weight excluding hydrogens is 361 g/mol. The zero-order valence-electron chi connectivity index (χ0n) is 12.8. The first kappa shape index (κ1) is 17.2. The highest BCUT2D eigenvalue weighted by atomic mass is 32.1. The Morgan fingerprint density at radius 2 is 1.76 bits per heavy atom. The van der Waals surface area contributed by atoms with Crippen LogP contribution in [0, 0.1) is 5.82 Å². The van der Waals surface area contributed by atoms with Gasteiger partial charge in [0, 0.05) is 16.1 Å². The van der Waals surface area contributed by atoms with Gasteiger partial charge in [-0.15, -0.1) is 22.8 Å². The highest BCUT2D eigenvalue weighted by Gasteiger charge is 2.20. The maximum absolute atomic E-state index is 13.3. The van der Waals surface area contributed by atoms with Crippen LogP contribution in [0.5, 0.6) is 0 Å². The van der Waals surface area contributed by atoms with E-state index >= 15 is 0 Å². The van der Waals surface area contributed by atoms with Gasteiger partial charge in [-0.1, -0.05) is 24.4 Å². The van der Waals surface area contributed by atoms with E-state index in [0.717, 1.165) is 10.5 Å². The van der Waals surface area contributed by atoms with Crippen LogP contribution in [0.3, 0.4) is 0 Å². The fraction of sp³-hybridized carbons (Fsp3) is 0.0588. The van der Waals surface area contributed by atoms with Crippen molar-refractivity contribution in [1.82, 2.24) is 14.8 Å². The number of carboxylic acids is 1. The number of carbonyl (C=O) groups is 1. The van der Waals surface area contributed by atoms with Crippen molar-refractivity contribution in [2.45, 2.75) is 11.3 Å². The predicted molar refractivity (Wildman–Crippen MR) is 98.0 cm³/mol. The maximum atomic E-state index is 13.3. The lowest BCUT2D eigenvalue weighted by Crippen LogP contribution is -2.13. The van der Waals surface area contributed by atoms with Crippen molar-refractivity contribution in [2.24, 2.45) is 0 Å². The second-order valence-electron chi connectivity index (χ2n) is 5.20. The Labute approximate surface area is 153 Å². The van der Waals surface area contributed by atoms with E-state index in [1.165, 1.54) is 12.1 Å². The third kappa shape index (κ3) is 3.75. The van der Waals surface area contributed by atoms with Crippen LogP contribution < -0.4 is 0 Å². The van der Waals surface area contributed by atoms with Gasteiger partial charge in [0.25, 0.3) is 0 Å². The normalized spacial score (nSPS) is 10.6. The van der Waals surface area contributed by atoms with E-state index < -0.39 is 5.97 Å². The van der Waals surface area contributed by atoms with Gasteiger partial charge < -0.3 is 5.11 Å². The molecule has 0 radical (unpaired) electrons. The standard InChI is InChI=1S/C17H12FN3O2S2/c18-11-3-5-12(6-4-11)21-16(10-1-7-13(24)8-2-10)19-20-17(21)14(25)9-15(22)23/h1-8,24H,9H2,(H,22,23). The van der Waals surface area contributed by atoms with Crippen molar-refractivity contribution < 1.29 is 14.3 Å². The second kappa shape index (κ2) is 7.12. The molecular formula is C17H12FN3O2S2. The molecule has 126 valence electrons. The summed E-state index contributed by atoms with van der Waals surface area (Å²) < 4.78 is 14.9. The molecule has 0 aliphatic rings. The van der Waals surface area contributed by atoms with E-state index in [0.29, 0.717) is 11.5 Å². The molecule has 0 fully saturated rings. The van der Waals surface area contributed by atoms with Crippen molar-refractivity contribution in [3.63, 3.8) is 0 Å². The van der Waals surface area contributed by atoms with Crippen LogP contribution in [0.2, 0.25) is 0 Å². The molecule has 0 amide bonds. The van der Waals surface area contributed by atoms with Crippen LogP contribution in [0.4, 0.5) is 4.39 Å². The Morgan fingerprint density at radius 1 is 1.12 bits per heavy atom. The summed E-state index contributed by atoms with van der Waals surface area (Å²) in [5.41, 5.74) is 1.33. The van der Waals surface area contributed by atoms with Crippen molar-refractivity contribution in [1.29, 1.82) is 0 Å². The van der Waals surface area contributed by atoms with Crippen LogP contribution in [0.1, 0.15) is 12.2 Å². The Balaban J connectivity index is 2.17. The fourth-order valence-corrected chi connectivity index (χ4v) is 2.72. The Morgan fingerprint density at radius 3 is 2.36 bits per heavy atom. The number of carboxylic acid groups (broad SMARTS) is 1. The summed E-state index contributed by atoms with van der Waals surface area (Å²) in [7, 11) is 0. The summed E-state index contributed by atoms with van der Waals surface area (Å²) in [5.74, 6) is -0.719. The summed E-state index contributed by atoms with van der Waals surface area (Å²) >= 11 is 9.46. The first-order valence-electron chi connectivity index (χ1n) is 7.21. The van der Waals surface area contributed by atoms with Crippen LogP contribution in [-0.2, 0) is 4.79 Å². The molecule has 1 heterocycles. The molecule has 0 aliphatic heterocycles. The van der Waals surface area contributed by atoms with Gasteiger partial charge in [0.15, 0.2) is 11.6 Å². The zero-order chi connectivity index (χ0) is 18.0. The summed E-state index contributed by atoms with van der Waals surface area (Å²) in [6, 6.07) is 13.0. The smallest absolute Gasteiger partial charge is 0.308 e. The molecule has 8 heteroatoms. The summed E-state index contributed by atoms with van der Waals surface area (Å²) in [6.07, 6.45) is -0.343. The van der Waals surface area contributed by atoms with Crippen molar-refractivity contribution in [3.8, 4) is 17.1 Å². The first-order valence-corrected chi connectivity index (χ1v) is 8.07. The van der Waals surface area contributed by atoms with Gasteiger partial charge in [0.1, 0.15) is 5.82 Å². The molecule has 1 N–H and O–H groups in total. The van der Waals surface area contributed by atoms with Gasteiger partial charge in [-0.25, -0.2) is 4.39 Å². The van der Waals surface area contributed by atoms with Gasteiger partial charge in [-0.2, -0.15) is 0 Å². The van der Waals surface area contributed by atoms with Crippen LogP contribution in [0.25, 0.3) is 17.1 Å². The topological polar surface area (TPSA) is 68.0 Å². The maximum Gasteiger partial charge on any atom is 0.308 e. The minimum atomic E-state index is -1.06. The monoisotopic (exact) mass is 373 g/mol. The van der Waals surface area contributed by atoms with E-state index in [1.54, 1.807) is 28.8 Å². The summed E-state index contributed by atoms with van der Waals surface area (Å²) in [5, 5.41) is 17.2. The Kier molecular flexibility index (Phi) is 4.91. The molecule has 0 saturated heterocycles. The van der Waals surface area contributed by atoms with Gasteiger partial charge in [-0.05, 0) is 36.4 Å². The lowest BCUT2D eigenvalue weighted by atomic mass is 10.2. The molecule has 25 heavy (non-hydrogen) atoms. The number of halogens is 1. The molecule has 1 aromatic heterocycles. The Hall–Kier alpha value is -2.58. The number of nitrogens with zero attached hydrogens (tertiary/aromatic N) is 3. The second-order valence-corrected chi connectivity index (χ2v) is 6.21. The lowest BCUT2D eigenvalue weighted by Gasteiger charge is -2.11. The average molecular weight is 373 g/mol. The van der Waals surface area contributed by atoms with Crippen LogP contribution >= 0.6 is 24.8 Å². The number of benzene rings is 2. The molecule has 3 rings (SSSR count). The predicted octanol–water partition coefficient (Wildman–Crippen LogP) is 3.55. The number of aromatic nitrogens is 3.